The first kappa shape index (κ1) is 14.9. The highest BCUT2D eigenvalue weighted by Crippen LogP contribution is 2.22. The molecule has 20 heavy (non-hydrogen) atoms. The molecule has 1 aromatic carbocycles. The quantitative estimate of drug-likeness (QED) is 0.886. The zero-order chi connectivity index (χ0) is 14.5. The van der Waals surface area contributed by atoms with Crippen LogP contribution in [0.15, 0.2) is 24.3 Å². The molecule has 1 amide bonds. The average Bonchev–Trinajstić information content (AvgIpc) is 2.48. The first-order valence-electron chi connectivity index (χ1n) is 7.37. The lowest BCUT2D eigenvalue weighted by atomic mass is 9.90. The van der Waals surface area contributed by atoms with Crippen LogP contribution < -0.4 is 5.32 Å². The fourth-order valence-electron chi connectivity index (χ4n) is 2.80. The summed E-state index contributed by atoms with van der Waals surface area (Å²) in [5, 5.41) is 13.1. The standard InChI is InChI=1S/C16H24N2O2/c1-3-12-8-9-17-14(10-12)16(20)18(2)11-13-6-4-5-7-15(13)19/h4-7,12,14,17,19H,3,8-11H2,1-2H3. The monoisotopic (exact) mass is 276 g/mol. The van der Waals surface area contributed by atoms with Gasteiger partial charge in [0.15, 0.2) is 0 Å². The fraction of sp³-hybridized carbons (Fsp3) is 0.562. The zero-order valence-corrected chi connectivity index (χ0v) is 12.3. The van der Waals surface area contributed by atoms with Crippen molar-refractivity contribution < 1.29 is 9.90 Å². The molecule has 0 saturated carbocycles. The van der Waals surface area contributed by atoms with E-state index in [0.29, 0.717) is 12.5 Å². The van der Waals surface area contributed by atoms with Gasteiger partial charge in [-0.05, 0) is 31.4 Å². The first-order valence-corrected chi connectivity index (χ1v) is 7.37. The summed E-state index contributed by atoms with van der Waals surface area (Å²) in [4.78, 5) is 14.2. The van der Waals surface area contributed by atoms with Gasteiger partial charge in [-0.2, -0.15) is 0 Å². The molecule has 0 aliphatic carbocycles. The van der Waals surface area contributed by atoms with E-state index in [1.807, 2.05) is 12.1 Å². The molecule has 0 spiro atoms. The third kappa shape index (κ3) is 3.51. The van der Waals surface area contributed by atoms with E-state index in [2.05, 4.69) is 12.2 Å². The predicted octanol–water partition coefficient (Wildman–Crippen LogP) is 2.13. The molecule has 0 aromatic heterocycles. The molecular weight excluding hydrogens is 252 g/mol. The van der Waals surface area contributed by atoms with Crippen molar-refractivity contribution >= 4 is 5.91 Å². The Hall–Kier alpha value is -1.55. The molecule has 1 aromatic rings. The number of para-hydroxylation sites is 1. The van der Waals surface area contributed by atoms with Crippen LogP contribution >= 0.6 is 0 Å². The van der Waals surface area contributed by atoms with Crippen LogP contribution in [0.4, 0.5) is 0 Å². The second kappa shape index (κ2) is 6.75. The maximum absolute atomic E-state index is 12.5. The van der Waals surface area contributed by atoms with Gasteiger partial charge in [0.1, 0.15) is 5.75 Å². The zero-order valence-electron chi connectivity index (χ0n) is 12.3. The number of carbonyl (C=O) groups excluding carboxylic acids is 1. The van der Waals surface area contributed by atoms with Crippen LogP contribution in [0.2, 0.25) is 0 Å². The summed E-state index contributed by atoms with van der Waals surface area (Å²) >= 11 is 0. The lowest BCUT2D eigenvalue weighted by molar-refractivity contribution is -0.133. The van der Waals surface area contributed by atoms with Crippen LogP contribution in [0.3, 0.4) is 0 Å². The number of amides is 1. The molecular formula is C16H24N2O2. The van der Waals surface area contributed by atoms with E-state index in [0.717, 1.165) is 31.4 Å². The molecule has 2 unspecified atom stereocenters. The van der Waals surface area contributed by atoms with Crippen molar-refractivity contribution in [1.82, 2.24) is 10.2 Å². The van der Waals surface area contributed by atoms with Gasteiger partial charge in [-0.25, -0.2) is 0 Å². The van der Waals surface area contributed by atoms with Crippen molar-refractivity contribution in [3.8, 4) is 5.75 Å². The average molecular weight is 276 g/mol. The van der Waals surface area contributed by atoms with Crippen LogP contribution in [0.1, 0.15) is 31.7 Å². The highest BCUT2D eigenvalue weighted by atomic mass is 16.3. The van der Waals surface area contributed by atoms with Crippen molar-refractivity contribution in [3.63, 3.8) is 0 Å². The second-order valence-electron chi connectivity index (χ2n) is 5.63. The smallest absolute Gasteiger partial charge is 0.239 e. The Morgan fingerprint density at radius 2 is 2.20 bits per heavy atom. The number of nitrogens with zero attached hydrogens (tertiary/aromatic N) is 1. The minimum absolute atomic E-state index is 0.0791. The van der Waals surface area contributed by atoms with Crippen LogP contribution in [0.25, 0.3) is 0 Å². The minimum atomic E-state index is -0.0791. The Balaban J connectivity index is 1.96. The molecule has 0 bridgehead atoms. The number of benzene rings is 1. The van der Waals surface area contributed by atoms with Crippen molar-refractivity contribution in [2.45, 2.75) is 38.8 Å². The molecule has 4 heteroatoms. The number of likely N-dealkylation sites (N-methyl/N-ethyl adjacent to an activating group) is 1. The molecule has 2 N–H and O–H groups in total. The van der Waals surface area contributed by atoms with Crippen LogP contribution in [-0.2, 0) is 11.3 Å². The van der Waals surface area contributed by atoms with Crippen LogP contribution in [-0.4, -0.2) is 35.5 Å². The van der Waals surface area contributed by atoms with Gasteiger partial charge in [-0.15, -0.1) is 0 Å². The number of hydrogen-bond acceptors (Lipinski definition) is 3. The van der Waals surface area contributed by atoms with Crippen LogP contribution in [0, 0.1) is 5.92 Å². The van der Waals surface area contributed by atoms with Gasteiger partial charge in [-0.1, -0.05) is 31.5 Å². The molecule has 1 heterocycles. The number of aromatic hydroxyl groups is 1. The first-order chi connectivity index (χ1) is 9.61. The van der Waals surface area contributed by atoms with Crippen molar-refractivity contribution in [1.29, 1.82) is 0 Å². The highest BCUT2D eigenvalue weighted by molar-refractivity contribution is 5.81. The van der Waals surface area contributed by atoms with E-state index in [1.165, 1.54) is 0 Å². The second-order valence-corrected chi connectivity index (χ2v) is 5.63. The largest absolute Gasteiger partial charge is 0.508 e. The molecule has 1 aliphatic heterocycles. The molecule has 1 aliphatic rings. The van der Waals surface area contributed by atoms with Crippen molar-refractivity contribution in [2.75, 3.05) is 13.6 Å². The highest BCUT2D eigenvalue weighted by Gasteiger charge is 2.28. The predicted molar refractivity (Wildman–Crippen MR) is 79.4 cm³/mol. The third-order valence-electron chi connectivity index (χ3n) is 4.16. The van der Waals surface area contributed by atoms with Gasteiger partial charge in [0.2, 0.25) is 5.91 Å². The van der Waals surface area contributed by atoms with E-state index in [9.17, 15) is 9.90 Å². The molecule has 1 saturated heterocycles. The summed E-state index contributed by atoms with van der Waals surface area (Å²) in [6.07, 6.45) is 3.21. The fourth-order valence-corrected chi connectivity index (χ4v) is 2.80. The minimum Gasteiger partial charge on any atom is -0.508 e. The van der Waals surface area contributed by atoms with E-state index in [-0.39, 0.29) is 17.7 Å². The third-order valence-corrected chi connectivity index (χ3v) is 4.16. The SMILES string of the molecule is CCC1CCNC(C(=O)N(C)Cc2ccccc2O)C1. The number of piperidine rings is 1. The Kier molecular flexibility index (Phi) is 5.01. The lowest BCUT2D eigenvalue weighted by Gasteiger charge is -2.31. The topological polar surface area (TPSA) is 52.6 Å². The summed E-state index contributed by atoms with van der Waals surface area (Å²) < 4.78 is 0. The molecule has 2 rings (SSSR count). The van der Waals surface area contributed by atoms with Crippen LogP contribution in [0.5, 0.6) is 5.75 Å². The Morgan fingerprint density at radius 3 is 2.90 bits per heavy atom. The summed E-state index contributed by atoms with van der Waals surface area (Å²) in [5.41, 5.74) is 0.784. The van der Waals surface area contributed by atoms with E-state index in [4.69, 9.17) is 0 Å². The summed E-state index contributed by atoms with van der Waals surface area (Å²) in [6, 6.07) is 7.08. The van der Waals surface area contributed by atoms with Gasteiger partial charge in [0.25, 0.3) is 0 Å². The maximum atomic E-state index is 12.5. The molecule has 0 radical (unpaired) electrons. The lowest BCUT2D eigenvalue weighted by Crippen LogP contribution is -2.49. The van der Waals surface area contributed by atoms with Gasteiger partial charge >= 0.3 is 0 Å². The number of rotatable bonds is 4. The summed E-state index contributed by atoms with van der Waals surface area (Å²) in [5.74, 6) is 1.00. The number of phenolic OH excluding ortho intramolecular Hbond substituents is 1. The molecule has 2 atom stereocenters. The van der Waals surface area contributed by atoms with Crippen molar-refractivity contribution in [2.24, 2.45) is 5.92 Å². The van der Waals surface area contributed by atoms with E-state index in [1.54, 1.807) is 24.1 Å². The Labute approximate surface area is 120 Å². The summed E-state index contributed by atoms with van der Waals surface area (Å²) in [7, 11) is 1.80. The van der Waals surface area contributed by atoms with Crippen molar-refractivity contribution in [3.05, 3.63) is 29.8 Å². The molecule has 1 fully saturated rings. The van der Waals surface area contributed by atoms with Gasteiger partial charge < -0.3 is 15.3 Å². The Morgan fingerprint density at radius 1 is 1.45 bits per heavy atom. The van der Waals surface area contributed by atoms with E-state index < -0.39 is 0 Å². The molecule has 110 valence electrons. The number of hydrogen-bond donors (Lipinski definition) is 2. The van der Waals surface area contributed by atoms with Gasteiger partial charge in [0, 0.05) is 19.2 Å². The van der Waals surface area contributed by atoms with E-state index >= 15 is 0 Å². The number of nitrogens with one attached hydrogen (secondary N) is 1. The Bertz CT molecular complexity index is 462. The molecule has 4 nitrogen and oxygen atoms in total. The normalized spacial score (nSPS) is 22.5. The maximum Gasteiger partial charge on any atom is 0.239 e. The number of carbonyl (C=O) groups is 1. The van der Waals surface area contributed by atoms with Gasteiger partial charge in [-0.3, -0.25) is 4.79 Å². The summed E-state index contributed by atoms with van der Waals surface area (Å²) in [6.45, 7) is 3.54. The number of phenols is 1. The van der Waals surface area contributed by atoms with Gasteiger partial charge in [0.05, 0.1) is 6.04 Å².